The first kappa shape index (κ1) is 18.9. The molecule has 0 radical (unpaired) electrons. The molecule has 132 valence electrons. The zero-order valence-electron chi connectivity index (χ0n) is 13.6. The van der Waals surface area contributed by atoms with E-state index in [4.69, 9.17) is 32.7 Å². The van der Waals surface area contributed by atoms with Gasteiger partial charge in [0, 0.05) is 10.6 Å². The van der Waals surface area contributed by atoms with Crippen molar-refractivity contribution in [2.24, 2.45) is 0 Å². The van der Waals surface area contributed by atoms with E-state index in [2.05, 4.69) is 10.9 Å². The normalized spacial score (nSPS) is 10.1. The molecule has 0 aromatic heterocycles. The van der Waals surface area contributed by atoms with Crippen LogP contribution in [0.2, 0.25) is 10.0 Å². The molecule has 0 heterocycles. The van der Waals surface area contributed by atoms with Crippen molar-refractivity contribution in [3.63, 3.8) is 0 Å². The van der Waals surface area contributed by atoms with Crippen LogP contribution in [0.1, 0.15) is 27.6 Å². The minimum atomic E-state index is -0.562. The molecule has 2 aromatic carbocycles. The van der Waals surface area contributed by atoms with E-state index in [0.717, 1.165) is 0 Å². The summed E-state index contributed by atoms with van der Waals surface area (Å²) in [5.74, 6) is -0.132. The van der Waals surface area contributed by atoms with Gasteiger partial charge < -0.3 is 9.47 Å². The average Bonchev–Trinajstić information content (AvgIpc) is 2.60. The van der Waals surface area contributed by atoms with E-state index in [0.29, 0.717) is 28.7 Å². The molecule has 0 aliphatic heterocycles. The predicted molar refractivity (Wildman–Crippen MR) is 95.6 cm³/mol. The second-order valence-electron chi connectivity index (χ2n) is 4.83. The van der Waals surface area contributed by atoms with Gasteiger partial charge in [0.1, 0.15) is 0 Å². The van der Waals surface area contributed by atoms with Crippen LogP contribution in [0.5, 0.6) is 11.5 Å². The van der Waals surface area contributed by atoms with Gasteiger partial charge in [-0.15, -0.1) is 0 Å². The summed E-state index contributed by atoms with van der Waals surface area (Å²) in [6.07, 6.45) is 0. The Morgan fingerprint density at radius 1 is 1.00 bits per heavy atom. The first-order valence-electron chi connectivity index (χ1n) is 7.32. The summed E-state index contributed by atoms with van der Waals surface area (Å²) in [4.78, 5) is 24.3. The maximum Gasteiger partial charge on any atom is 0.271 e. The fourth-order valence-electron chi connectivity index (χ4n) is 2.01. The predicted octanol–water partition coefficient (Wildman–Crippen LogP) is 3.48. The van der Waals surface area contributed by atoms with Crippen molar-refractivity contribution in [1.82, 2.24) is 10.9 Å². The Labute approximate surface area is 155 Å². The van der Waals surface area contributed by atoms with E-state index in [9.17, 15) is 9.59 Å². The Balaban J connectivity index is 2.05. The molecule has 2 amide bonds. The molecule has 0 atom stereocenters. The number of hydrazine groups is 1. The van der Waals surface area contributed by atoms with Crippen LogP contribution in [0.3, 0.4) is 0 Å². The van der Waals surface area contributed by atoms with Crippen LogP contribution < -0.4 is 20.3 Å². The molecule has 0 saturated heterocycles. The molecule has 8 heteroatoms. The van der Waals surface area contributed by atoms with Crippen LogP contribution in [0.25, 0.3) is 0 Å². The maximum absolute atomic E-state index is 12.2. The summed E-state index contributed by atoms with van der Waals surface area (Å²) >= 11 is 11.7. The largest absolute Gasteiger partial charge is 0.493 e. The lowest BCUT2D eigenvalue weighted by atomic mass is 10.2. The van der Waals surface area contributed by atoms with Crippen LogP contribution >= 0.6 is 23.2 Å². The first-order valence-corrected chi connectivity index (χ1v) is 8.08. The molecule has 2 N–H and O–H groups in total. The lowest BCUT2D eigenvalue weighted by Gasteiger charge is -2.12. The SMILES string of the molecule is CCOc1ccc(C(=O)NNC(=O)c2ccc(Cl)cc2Cl)cc1OC. The number of carbonyl (C=O) groups excluding carboxylic acids is 2. The molecule has 0 fully saturated rings. The van der Waals surface area contributed by atoms with Crippen molar-refractivity contribution < 1.29 is 19.1 Å². The quantitative estimate of drug-likeness (QED) is 0.776. The molecule has 0 unspecified atom stereocenters. The zero-order valence-corrected chi connectivity index (χ0v) is 15.1. The van der Waals surface area contributed by atoms with E-state index in [-0.39, 0.29) is 10.6 Å². The third kappa shape index (κ3) is 4.78. The van der Waals surface area contributed by atoms with E-state index < -0.39 is 11.8 Å². The summed E-state index contributed by atoms with van der Waals surface area (Å²) in [5, 5.41) is 0.592. The monoisotopic (exact) mass is 382 g/mol. The zero-order chi connectivity index (χ0) is 18.4. The fourth-order valence-corrected chi connectivity index (χ4v) is 2.50. The fraction of sp³-hybridized carbons (Fsp3) is 0.176. The van der Waals surface area contributed by atoms with Gasteiger partial charge in [0.15, 0.2) is 11.5 Å². The highest BCUT2D eigenvalue weighted by atomic mass is 35.5. The van der Waals surface area contributed by atoms with Crippen molar-refractivity contribution >= 4 is 35.0 Å². The third-order valence-corrected chi connectivity index (χ3v) is 3.74. The number of hydrogen-bond acceptors (Lipinski definition) is 4. The van der Waals surface area contributed by atoms with Gasteiger partial charge in [-0.3, -0.25) is 20.4 Å². The number of ether oxygens (including phenoxy) is 2. The molecule has 6 nitrogen and oxygen atoms in total. The first-order chi connectivity index (χ1) is 12.0. The molecule has 0 aliphatic carbocycles. The Bertz CT molecular complexity index is 796. The minimum absolute atomic E-state index is 0.182. The number of carbonyl (C=O) groups is 2. The Morgan fingerprint density at radius 2 is 1.72 bits per heavy atom. The van der Waals surface area contributed by atoms with E-state index >= 15 is 0 Å². The summed E-state index contributed by atoms with van der Waals surface area (Å²) in [6.45, 7) is 2.32. The van der Waals surface area contributed by atoms with Crippen molar-refractivity contribution in [2.75, 3.05) is 13.7 Å². The highest BCUT2D eigenvalue weighted by Crippen LogP contribution is 2.28. The van der Waals surface area contributed by atoms with E-state index in [1.54, 1.807) is 12.1 Å². The molecular formula is C17H16Cl2N2O4. The van der Waals surface area contributed by atoms with Gasteiger partial charge >= 0.3 is 0 Å². The van der Waals surface area contributed by atoms with E-state index in [1.165, 1.54) is 31.4 Å². The van der Waals surface area contributed by atoms with Gasteiger partial charge in [-0.05, 0) is 43.3 Å². The van der Waals surface area contributed by atoms with Gasteiger partial charge in [0.25, 0.3) is 11.8 Å². The van der Waals surface area contributed by atoms with Crippen molar-refractivity contribution in [3.05, 3.63) is 57.6 Å². The summed E-state index contributed by atoms with van der Waals surface area (Å²) in [7, 11) is 1.48. The van der Waals surface area contributed by atoms with Crippen molar-refractivity contribution in [2.45, 2.75) is 6.92 Å². The number of amides is 2. The van der Waals surface area contributed by atoms with Crippen LogP contribution in [-0.4, -0.2) is 25.5 Å². The number of nitrogens with one attached hydrogen (secondary N) is 2. The van der Waals surface area contributed by atoms with Gasteiger partial charge in [-0.2, -0.15) is 0 Å². The second-order valence-corrected chi connectivity index (χ2v) is 5.67. The Morgan fingerprint density at radius 3 is 2.36 bits per heavy atom. The Hall–Kier alpha value is -2.44. The molecular weight excluding hydrogens is 367 g/mol. The highest BCUT2D eigenvalue weighted by Gasteiger charge is 2.14. The lowest BCUT2D eigenvalue weighted by molar-refractivity contribution is 0.0846. The van der Waals surface area contributed by atoms with Gasteiger partial charge in [-0.25, -0.2) is 0 Å². The molecule has 2 aromatic rings. The summed E-state index contributed by atoms with van der Waals surface area (Å²) < 4.78 is 10.6. The van der Waals surface area contributed by atoms with E-state index in [1.807, 2.05) is 6.92 Å². The summed E-state index contributed by atoms with van der Waals surface area (Å²) in [5.41, 5.74) is 5.10. The second kappa shape index (κ2) is 8.60. The van der Waals surface area contributed by atoms with Gasteiger partial charge in [0.2, 0.25) is 0 Å². The molecule has 0 saturated carbocycles. The topological polar surface area (TPSA) is 76.7 Å². The van der Waals surface area contributed by atoms with Gasteiger partial charge in [0.05, 0.1) is 24.3 Å². The molecule has 0 spiro atoms. The average molecular weight is 383 g/mol. The summed E-state index contributed by atoms with van der Waals surface area (Å²) in [6, 6.07) is 9.13. The van der Waals surface area contributed by atoms with Crippen molar-refractivity contribution in [3.8, 4) is 11.5 Å². The van der Waals surface area contributed by atoms with Crippen molar-refractivity contribution in [1.29, 1.82) is 0 Å². The van der Waals surface area contributed by atoms with Crippen LogP contribution in [-0.2, 0) is 0 Å². The molecule has 25 heavy (non-hydrogen) atoms. The van der Waals surface area contributed by atoms with Crippen LogP contribution in [0, 0.1) is 0 Å². The van der Waals surface area contributed by atoms with Crippen LogP contribution in [0.4, 0.5) is 0 Å². The Kier molecular flexibility index (Phi) is 6.50. The minimum Gasteiger partial charge on any atom is -0.493 e. The molecule has 2 rings (SSSR count). The van der Waals surface area contributed by atoms with Crippen LogP contribution in [0.15, 0.2) is 36.4 Å². The van der Waals surface area contributed by atoms with Gasteiger partial charge in [-0.1, -0.05) is 23.2 Å². The standard InChI is InChI=1S/C17H16Cl2N2O4/c1-3-25-14-7-4-10(8-15(14)24-2)16(22)20-21-17(23)12-6-5-11(18)9-13(12)19/h4-9H,3H2,1-2H3,(H,20,22)(H,21,23). The molecule has 0 aliphatic rings. The highest BCUT2D eigenvalue weighted by molar-refractivity contribution is 6.36. The number of halogens is 2. The smallest absolute Gasteiger partial charge is 0.271 e. The number of methoxy groups -OCH3 is 1. The third-order valence-electron chi connectivity index (χ3n) is 3.19. The lowest BCUT2D eigenvalue weighted by Crippen LogP contribution is -2.41. The number of rotatable bonds is 5. The number of benzene rings is 2. The number of hydrogen-bond donors (Lipinski definition) is 2. The molecule has 0 bridgehead atoms. The maximum atomic E-state index is 12.2.